The van der Waals surface area contributed by atoms with E-state index in [-0.39, 0.29) is 5.78 Å². The zero-order valence-corrected chi connectivity index (χ0v) is 9.87. The first-order chi connectivity index (χ1) is 7.06. The van der Waals surface area contributed by atoms with Crippen molar-refractivity contribution in [3.63, 3.8) is 0 Å². The molecule has 0 saturated carbocycles. The highest BCUT2D eigenvalue weighted by molar-refractivity contribution is 5.94. The Labute approximate surface area is 91.8 Å². The third kappa shape index (κ3) is 2.79. The third-order valence-electron chi connectivity index (χ3n) is 2.54. The van der Waals surface area contributed by atoms with Gasteiger partial charge in [-0.2, -0.15) is 0 Å². The van der Waals surface area contributed by atoms with Crippen LogP contribution in [0.2, 0.25) is 0 Å². The third-order valence-corrected chi connectivity index (χ3v) is 2.54. The summed E-state index contributed by atoms with van der Waals surface area (Å²) >= 11 is 0. The molecule has 0 aliphatic carbocycles. The quantitative estimate of drug-likeness (QED) is 0.678. The van der Waals surface area contributed by atoms with Gasteiger partial charge in [0.25, 0.3) is 0 Å². The monoisotopic (exact) mass is 202 g/mol. The van der Waals surface area contributed by atoms with E-state index in [9.17, 15) is 4.79 Å². The molecule has 0 atom stereocenters. The molecule has 15 heavy (non-hydrogen) atoms. The molecule has 1 aromatic carbocycles. The van der Waals surface area contributed by atoms with E-state index >= 15 is 0 Å². The van der Waals surface area contributed by atoms with E-state index in [1.54, 1.807) is 6.92 Å². The number of rotatable bonds is 3. The van der Waals surface area contributed by atoms with Crippen molar-refractivity contribution in [2.45, 2.75) is 27.7 Å². The zero-order chi connectivity index (χ0) is 11.4. The molecule has 0 N–H and O–H groups in total. The Morgan fingerprint density at radius 2 is 1.87 bits per heavy atom. The van der Waals surface area contributed by atoms with Gasteiger partial charge in [-0.1, -0.05) is 38.1 Å². The van der Waals surface area contributed by atoms with Crippen molar-refractivity contribution in [1.29, 1.82) is 0 Å². The molecule has 0 bridgehead atoms. The first-order valence-electron chi connectivity index (χ1n) is 5.33. The molecular weight excluding hydrogens is 184 g/mol. The number of hydrogen-bond donors (Lipinski definition) is 0. The first-order valence-corrected chi connectivity index (χ1v) is 5.33. The largest absolute Gasteiger partial charge is 0.295 e. The van der Waals surface area contributed by atoms with Crippen LogP contribution in [0.25, 0.3) is 5.57 Å². The zero-order valence-electron chi connectivity index (χ0n) is 9.87. The summed E-state index contributed by atoms with van der Waals surface area (Å²) in [5.74, 6) is 0.605. The van der Waals surface area contributed by atoms with E-state index in [0.29, 0.717) is 5.92 Å². The summed E-state index contributed by atoms with van der Waals surface area (Å²) in [5.41, 5.74) is 3.23. The fraction of sp³-hybridized carbons (Fsp3) is 0.357. The maximum atomic E-state index is 11.3. The van der Waals surface area contributed by atoms with Gasteiger partial charge < -0.3 is 0 Å². The summed E-state index contributed by atoms with van der Waals surface area (Å²) in [6, 6.07) is 7.83. The van der Waals surface area contributed by atoms with Crippen LogP contribution < -0.4 is 0 Å². The molecule has 0 aliphatic rings. The van der Waals surface area contributed by atoms with Crippen molar-refractivity contribution in [1.82, 2.24) is 0 Å². The van der Waals surface area contributed by atoms with Crippen LogP contribution in [0.15, 0.2) is 30.3 Å². The average Bonchev–Trinajstić information content (AvgIpc) is 2.18. The second-order valence-corrected chi connectivity index (χ2v) is 4.04. The normalized spacial score (nSPS) is 11.9. The van der Waals surface area contributed by atoms with Gasteiger partial charge in [0.15, 0.2) is 5.78 Å². The van der Waals surface area contributed by atoms with E-state index in [0.717, 1.165) is 11.1 Å². The molecule has 1 aromatic rings. The fourth-order valence-electron chi connectivity index (χ4n) is 1.75. The van der Waals surface area contributed by atoms with Crippen molar-refractivity contribution in [3.8, 4) is 0 Å². The molecule has 0 heterocycles. The Hall–Kier alpha value is -1.37. The SMILES string of the molecule is C/C=C(/c1cccc(C(C)=O)c1)C(C)C. The highest BCUT2D eigenvalue weighted by atomic mass is 16.1. The van der Waals surface area contributed by atoms with Gasteiger partial charge >= 0.3 is 0 Å². The van der Waals surface area contributed by atoms with Crippen molar-refractivity contribution in [2.24, 2.45) is 5.92 Å². The minimum atomic E-state index is 0.121. The molecule has 0 aliphatic heterocycles. The van der Waals surface area contributed by atoms with E-state index in [1.807, 2.05) is 25.1 Å². The van der Waals surface area contributed by atoms with Gasteiger partial charge in [-0.3, -0.25) is 4.79 Å². The molecule has 0 saturated heterocycles. The highest BCUT2D eigenvalue weighted by Gasteiger charge is 2.07. The first kappa shape index (κ1) is 11.7. The lowest BCUT2D eigenvalue weighted by atomic mass is 9.93. The molecule has 0 aromatic heterocycles. The predicted molar refractivity (Wildman–Crippen MR) is 64.9 cm³/mol. The molecule has 0 spiro atoms. The summed E-state index contributed by atoms with van der Waals surface area (Å²) in [4.78, 5) is 11.3. The van der Waals surface area contributed by atoms with E-state index < -0.39 is 0 Å². The summed E-state index contributed by atoms with van der Waals surface area (Å²) < 4.78 is 0. The Balaban J connectivity index is 3.15. The smallest absolute Gasteiger partial charge is 0.159 e. The Bertz CT molecular complexity index is 386. The van der Waals surface area contributed by atoms with Crippen LogP contribution in [0.5, 0.6) is 0 Å². The van der Waals surface area contributed by atoms with Crippen molar-refractivity contribution in [2.75, 3.05) is 0 Å². The summed E-state index contributed by atoms with van der Waals surface area (Å²) in [7, 11) is 0. The number of carbonyl (C=O) groups is 1. The van der Waals surface area contributed by atoms with Crippen molar-refractivity contribution >= 4 is 11.4 Å². The average molecular weight is 202 g/mol. The minimum absolute atomic E-state index is 0.121. The molecule has 1 nitrogen and oxygen atoms in total. The number of benzene rings is 1. The molecule has 0 unspecified atom stereocenters. The summed E-state index contributed by atoms with van der Waals surface area (Å²) in [6.45, 7) is 7.96. The number of carbonyl (C=O) groups excluding carboxylic acids is 1. The highest BCUT2D eigenvalue weighted by Crippen LogP contribution is 2.23. The van der Waals surface area contributed by atoms with Gasteiger partial charge in [0.1, 0.15) is 0 Å². The van der Waals surface area contributed by atoms with Crippen LogP contribution in [0, 0.1) is 5.92 Å². The number of ketones is 1. The summed E-state index contributed by atoms with van der Waals surface area (Å²) in [6.07, 6.45) is 2.11. The number of hydrogen-bond acceptors (Lipinski definition) is 1. The molecule has 0 radical (unpaired) electrons. The van der Waals surface area contributed by atoms with Crippen LogP contribution >= 0.6 is 0 Å². The van der Waals surface area contributed by atoms with Crippen molar-refractivity contribution in [3.05, 3.63) is 41.5 Å². The van der Waals surface area contributed by atoms with E-state index in [2.05, 4.69) is 26.0 Å². The van der Waals surface area contributed by atoms with Gasteiger partial charge in [-0.15, -0.1) is 0 Å². The van der Waals surface area contributed by atoms with Crippen molar-refractivity contribution < 1.29 is 4.79 Å². The van der Waals surface area contributed by atoms with Crippen LogP contribution in [0.4, 0.5) is 0 Å². The van der Waals surface area contributed by atoms with Gasteiger partial charge in [0, 0.05) is 5.56 Å². The van der Waals surface area contributed by atoms with Gasteiger partial charge in [0.05, 0.1) is 0 Å². The second kappa shape index (κ2) is 4.92. The second-order valence-electron chi connectivity index (χ2n) is 4.04. The Morgan fingerprint density at radius 1 is 1.27 bits per heavy atom. The molecule has 1 heteroatoms. The van der Waals surface area contributed by atoms with Crippen LogP contribution in [-0.4, -0.2) is 5.78 Å². The summed E-state index contributed by atoms with van der Waals surface area (Å²) in [5, 5.41) is 0. The van der Waals surface area contributed by atoms with E-state index in [1.165, 1.54) is 5.57 Å². The van der Waals surface area contributed by atoms with Gasteiger partial charge in [-0.25, -0.2) is 0 Å². The molecule has 1 rings (SSSR count). The standard InChI is InChI=1S/C14H18O/c1-5-14(10(2)3)13-8-6-7-12(9-13)11(4)15/h5-10H,1-4H3/b14-5+. The van der Waals surface area contributed by atoms with Crippen LogP contribution in [0.1, 0.15) is 43.6 Å². The minimum Gasteiger partial charge on any atom is -0.295 e. The van der Waals surface area contributed by atoms with Crippen LogP contribution in [0.3, 0.4) is 0 Å². The maximum absolute atomic E-state index is 11.3. The van der Waals surface area contributed by atoms with Gasteiger partial charge in [0.2, 0.25) is 0 Å². The topological polar surface area (TPSA) is 17.1 Å². The molecule has 0 fully saturated rings. The number of Topliss-reactive ketones (excluding diaryl/α,β-unsaturated/α-hetero) is 1. The molecular formula is C14H18O. The predicted octanol–water partition coefficient (Wildman–Crippen LogP) is 3.95. The molecule has 80 valence electrons. The van der Waals surface area contributed by atoms with E-state index in [4.69, 9.17) is 0 Å². The number of allylic oxidation sites excluding steroid dienone is 2. The molecule has 0 amide bonds. The Morgan fingerprint density at radius 3 is 2.33 bits per heavy atom. The van der Waals surface area contributed by atoms with Gasteiger partial charge in [-0.05, 0) is 37.0 Å². The fourth-order valence-corrected chi connectivity index (χ4v) is 1.75. The Kier molecular flexibility index (Phi) is 3.84. The lowest BCUT2D eigenvalue weighted by molar-refractivity contribution is 0.101. The maximum Gasteiger partial charge on any atom is 0.159 e. The lowest BCUT2D eigenvalue weighted by Gasteiger charge is -2.11. The van der Waals surface area contributed by atoms with Crippen LogP contribution in [-0.2, 0) is 0 Å². The lowest BCUT2D eigenvalue weighted by Crippen LogP contribution is -1.97.